The molecule has 0 aromatic heterocycles. The van der Waals surface area contributed by atoms with Gasteiger partial charge in [0.15, 0.2) is 11.2 Å². The van der Waals surface area contributed by atoms with E-state index in [4.69, 9.17) is 9.47 Å². The van der Waals surface area contributed by atoms with Crippen LogP contribution in [0.1, 0.15) is 96.1 Å². The number of rotatable bonds is 7. The van der Waals surface area contributed by atoms with Gasteiger partial charge >= 0.3 is 11.9 Å². The number of fused-ring (bicyclic) bond motifs is 5. The van der Waals surface area contributed by atoms with E-state index in [9.17, 15) is 9.59 Å². The van der Waals surface area contributed by atoms with E-state index in [1.54, 1.807) is 18.2 Å². The highest BCUT2D eigenvalue weighted by molar-refractivity contribution is 5.96. The van der Waals surface area contributed by atoms with Crippen LogP contribution in [0.5, 0.6) is 0 Å². The normalized spacial score (nSPS) is 17.8. The molecule has 7 aromatic rings. The summed E-state index contributed by atoms with van der Waals surface area (Å²) in [6, 6.07) is 52.6. The van der Waals surface area contributed by atoms with Gasteiger partial charge in [-0.2, -0.15) is 0 Å². The Morgan fingerprint density at radius 2 is 1.03 bits per heavy atom. The molecule has 0 saturated carbocycles. The molecule has 4 nitrogen and oxygen atoms in total. The highest BCUT2D eigenvalue weighted by atomic mass is 16.6. The molecule has 2 aliphatic carbocycles. The van der Waals surface area contributed by atoms with Crippen molar-refractivity contribution in [1.29, 1.82) is 0 Å². The summed E-state index contributed by atoms with van der Waals surface area (Å²) in [7, 11) is 0. The van der Waals surface area contributed by atoms with Crippen LogP contribution in [0.25, 0.3) is 22.9 Å². The number of ether oxygens (including phenoxy) is 2. The van der Waals surface area contributed by atoms with Crippen molar-refractivity contribution in [3.05, 3.63) is 237 Å². The monoisotopic (exact) mass is 756 g/mol. The molecule has 0 spiro atoms. The minimum Gasteiger partial charge on any atom is -0.446 e. The maximum atomic E-state index is 14.0. The van der Waals surface area contributed by atoms with Gasteiger partial charge in [-0.05, 0) is 108 Å². The van der Waals surface area contributed by atoms with Crippen LogP contribution < -0.4 is 0 Å². The van der Waals surface area contributed by atoms with Crippen molar-refractivity contribution in [2.24, 2.45) is 0 Å². The maximum absolute atomic E-state index is 14.0. The zero-order valence-electron chi connectivity index (χ0n) is 32.8. The summed E-state index contributed by atoms with van der Waals surface area (Å²) in [5, 5.41) is 1.99. The van der Waals surface area contributed by atoms with Crippen LogP contribution in [0, 0.1) is 0 Å². The fourth-order valence-corrected chi connectivity index (χ4v) is 9.09. The van der Waals surface area contributed by atoms with E-state index in [1.165, 1.54) is 11.1 Å². The van der Waals surface area contributed by atoms with E-state index in [0.717, 1.165) is 74.5 Å². The Morgan fingerprint density at radius 1 is 0.552 bits per heavy atom. The lowest BCUT2D eigenvalue weighted by Crippen LogP contribution is -2.31. The Hall–Kier alpha value is -6.78. The van der Waals surface area contributed by atoms with Crippen LogP contribution in [0.15, 0.2) is 170 Å². The zero-order chi connectivity index (χ0) is 39.9. The number of carbonyl (C=O) groups is 2. The van der Waals surface area contributed by atoms with Gasteiger partial charge in [-0.15, -0.1) is 0 Å². The molecule has 58 heavy (non-hydrogen) atoms. The molecule has 0 N–H and O–H groups in total. The molecule has 4 heteroatoms. The van der Waals surface area contributed by atoms with E-state index in [2.05, 4.69) is 104 Å². The molecule has 0 aliphatic heterocycles. The highest BCUT2D eigenvalue weighted by Crippen LogP contribution is 2.45. The van der Waals surface area contributed by atoms with Crippen LogP contribution in [0.4, 0.5) is 0 Å². The number of carbonyl (C=O) groups excluding carboxylic acids is 2. The Bertz CT molecular complexity index is 2710. The fourth-order valence-electron chi connectivity index (χ4n) is 9.09. The predicted octanol–water partition coefficient (Wildman–Crippen LogP) is 12.2. The standard InChI is InChI=1S/C54H44O4/c1-4-36-21-25-40(26-22-36)51(55)57-54(3)49-19-11-7-15-44(49)35-43(46-16-8-12-20-50(46)54)28-24-37-23-27-42-34-45(32-31-41(42)33-37)52(56)58-53(2)47-17-9-5-13-38(47)29-30-39-14-6-10-18-48(39)53/h4-28,31-34,43H,1,29-30,35H2,2-3H3/b28-24+. The fraction of sp³-hybridized carbons (Fsp3) is 0.148. The summed E-state index contributed by atoms with van der Waals surface area (Å²) in [5.41, 5.74) is 9.74. The van der Waals surface area contributed by atoms with Gasteiger partial charge in [0.25, 0.3) is 0 Å². The molecule has 0 radical (unpaired) electrons. The van der Waals surface area contributed by atoms with Crippen LogP contribution in [-0.2, 0) is 39.9 Å². The van der Waals surface area contributed by atoms with Crippen LogP contribution in [0.3, 0.4) is 0 Å². The third-order valence-electron chi connectivity index (χ3n) is 12.2. The minimum absolute atomic E-state index is 0.0261. The highest BCUT2D eigenvalue weighted by Gasteiger charge is 2.41. The lowest BCUT2D eigenvalue weighted by atomic mass is 9.84. The first-order valence-corrected chi connectivity index (χ1v) is 20.0. The van der Waals surface area contributed by atoms with Gasteiger partial charge in [0.05, 0.1) is 11.1 Å². The van der Waals surface area contributed by atoms with Crippen LogP contribution in [-0.4, -0.2) is 11.9 Å². The summed E-state index contributed by atoms with van der Waals surface area (Å²) < 4.78 is 13.0. The van der Waals surface area contributed by atoms with Crippen molar-refractivity contribution < 1.29 is 19.1 Å². The number of hydrogen-bond donors (Lipinski definition) is 0. The summed E-state index contributed by atoms with van der Waals surface area (Å²) >= 11 is 0. The van der Waals surface area contributed by atoms with E-state index < -0.39 is 11.2 Å². The van der Waals surface area contributed by atoms with E-state index in [0.29, 0.717) is 11.1 Å². The SMILES string of the molecule is C=Cc1ccc(C(=O)OC2(C)c3ccccc3CC(/C=C/c3ccc4cc(C(=O)OC5(C)c6ccccc6CCc6ccccc65)ccc4c3)c3ccccc32)cc1. The Morgan fingerprint density at radius 3 is 1.69 bits per heavy atom. The molecule has 284 valence electrons. The second-order valence-electron chi connectivity index (χ2n) is 15.7. The topological polar surface area (TPSA) is 52.6 Å². The molecule has 9 rings (SSSR count). The lowest BCUT2D eigenvalue weighted by molar-refractivity contribution is 0.00497. The summed E-state index contributed by atoms with van der Waals surface area (Å²) in [6.07, 6.45) is 8.73. The second kappa shape index (κ2) is 14.9. The van der Waals surface area contributed by atoms with Crippen molar-refractivity contribution in [1.82, 2.24) is 0 Å². The third kappa shape index (κ3) is 6.65. The molecule has 2 unspecified atom stereocenters. The Kier molecular flexibility index (Phi) is 9.49. The van der Waals surface area contributed by atoms with Crippen molar-refractivity contribution in [3.8, 4) is 0 Å². The first kappa shape index (κ1) is 36.8. The molecule has 7 aromatic carbocycles. The van der Waals surface area contributed by atoms with E-state index in [-0.39, 0.29) is 17.9 Å². The molecule has 0 saturated heterocycles. The largest absolute Gasteiger partial charge is 0.446 e. The van der Waals surface area contributed by atoms with Gasteiger partial charge in [0, 0.05) is 28.2 Å². The second-order valence-corrected chi connectivity index (χ2v) is 15.7. The molecule has 0 amide bonds. The lowest BCUT2D eigenvalue weighted by Gasteiger charge is -2.32. The number of benzene rings is 7. The zero-order valence-corrected chi connectivity index (χ0v) is 32.8. The number of aryl methyl sites for hydroxylation is 2. The molecule has 2 atom stereocenters. The van der Waals surface area contributed by atoms with Gasteiger partial charge in [-0.1, -0.05) is 152 Å². The summed E-state index contributed by atoms with van der Waals surface area (Å²) in [6.45, 7) is 7.86. The molecule has 2 aliphatic rings. The van der Waals surface area contributed by atoms with Gasteiger partial charge in [-0.3, -0.25) is 0 Å². The van der Waals surface area contributed by atoms with Crippen molar-refractivity contribution in [2.75, 3.05) is 0 Å². The maximum Gasteiger partial charge on any atom is 0.339 e. The summed E-state index contributed by atoms with van der Waals surface area (Å²) in [5.74, 6) is -0.702. The van der Waals surface area contributed by atoms with Crippen molar-refractivity contribution in [3.63, 3.8) is 0 Å². The quantitative estimate of drug-likeness (QED) is 0.152. The molecule has 0 bridgehead atoms. The average Bonchev–Trinajstić information content (AvgIpc) is 3.45. The van der Waals surface area contributed by atoms with Crippen molar-refractivity contribution >= 4 is 34.9 Å². The third-order valence-corrected chi connectivity index (χ3v) is 12.2. The molecular weight excluding hydrogens is 713 g/mol. The van der Waals surface area contributed by atoms with Crippen molar-refractivity contribution in [2.45, 2.75) is 50.2 Å². The van der Waals surface area contributed by atoms with Gasteiger partial charge in [0.1, 0.15) is 0 Å². The smallest absolute Gasteiger partial charge is 0.339 e. The first-order valence-electron chi connectivity index (χ1n) is 20.0. The molecule has 0 fully saturated rings. The Labute approximate surface area is 340 Å². The van der Waals surface area contributed by atoms with Crippen LogP contribution >= 0.6 is 0 Å². The number of esters is 2. The summed E-state index contributed by atoms with van der Waals surface area (Å²) in [4.78, 5) is 27.7. The average molecular weight is 757 g/mol. The van der Waals surface area contributed by atoms with E-state index >= 15 is 0 Å². The minimum atomic E-state index is -1.01. The number of hydrogen-bond acceptors (Lipinski definition) is 4. The first-order chi connectivity index (χ1) is 28.2. The van der Waals surface area contributed by atoms with Gasteiger partial charge in [-0.25, -0.2) is 9.59 Å². The molecular formula is C54H44O4. The molecule has 0 heterocycles. The number of allylic oxidation sites excluding steroid dienone is 1. The predicted molar refractivity (Wildman–Crippen MR) is 233 cm³/mol. The van der Waals surface area contributed by atoms with Crippen LogP contribution in [0.2, 0.25) is 0 Å². The van der Waals surface area contributed by atoms with E-state index in [1.807, 2.05) is 74.5 Å². The van der Waals surface area contributed by atoms with Gasteiger partial charge in [0.2, 0.25) is 0 Å². The Balaban J connectivity index is 0.996. The van der Waals surface area contributed by atoms with Gasteiger partial charge < -0.3 is 9.47 Å².